The van der Waals surface area contributed by atoms with Gasteiger partial charge in [-0.3, -0.25) is 0 Å². The fourth-order valence-corrected chi connectivity index (χ4v) is 3.23. The highest BCUT2D eigenvalue weighted by atomic mass is 32.2. The van der Waals surface area contributed by atoms with Crippen molar-refractivity contribution in [2.45, 2.75) is 23.1 Å². The van der Waals surface area contributed by atoms with E-state index in [1.54, 1.807) is 0 Å². The number of thioether (sulfide) groups is 1. The van der Waals surface area contributed by atoms with E-state index in [0.29, 0.717) is 0 Å². The number of anilines is 1. The van der Waals surface area contributed by atoms with Crippen LogP contribution in [-0.4, -0.2) is 18.6 Å². The van der Waals surface area contributed by atoms with Crippen LogP contribution < -0.4 is 5.32 Å². The third-order valence-electron chi connectivity index (χ3n) is 2.98. The summed E-state index contributed by atoms with van der Waals surface area (Å²) < 4.78 is 0. The Morgan fingerprint density at radius 3 is 2.50 bits per heavy atom. The van der Waals surface area contributed by atoms with Crippen LogP contribution in [0.5, 0.6) is 0 Å². The van der Waals surface area contributed by atoms with Gasteiger partial charge in [0.25, 0.3) is 0 Å². The fraction of sp³-hybridized carbons (Fsp3) is 0.294. The van der Waals surface area contributed by atoms with E-state index in [-0.39, 0.29) is 0 Å². The normalized spacial score (nSPS) is 10.5. The van der Waals surface area contributed by atoms with E-state index in [1.165, 1.54) is 33.2 Å². The SMILES string of the molecule is CSCCCNc1ccccc1Sc1ccc(C)cc1. The summed E-state index contributed by atoms with van der Waals surface area (Å²) in [7, 11) is 0. The van der Waals surface area contributed by atoms with E-state index in [9.17, 15) is 0 Å². The fourth-order valence-electron chi connectivity index (χ4n) is 1.87. The predicted molar refractivity (Wildman–Crippen MR) is 93.2 cm³/mol. The number of hydrogen-bond donors (Lipinski definition) is 1. The predicted octanol–water partition coefficient (Wildman–Crippen LogP) is 5.31. The molecule has 0 bridgehead atoms. The van der Waals surface area contributed by atoms with Crippen LogP contribution in [0.15, 0.2) is 58.3 Å². The summed E-state index contributed by atoms with van der Waals surface area (Å²) in [6, 6.07) is 17.2. The first-order valence-electron chi connectivity index (χ1n) is 6.86. The topological polar surface area (TPSA) is 12.0 Å². The second kappa shape index (κ2) is 8.28. The largest absolute Gasteiger partial charge is 0.384 e. The van der Waals surface area contributed by atoms with Gasteiger partial charge in [-0.1, -0.05) is 41.6 Å². The van der Waals surface area contributed by atoms with Crippen LogP contribution in [0.25, 0.3) is 0 Å². The molecule has 0 saturated carbocycles. The number of benzene rings is 2. The maximum absolute atomic E-state index is 3.55. The summed E-state index contributed by atoms with van der Waals surface area (Å²) in [5.41, 5.74) is 2.54. The zero-order valence-corrected chi connectivity index (χ0v) is 13.7. The number of aryl methyl sites for hydroxylation is 1. The Bertz CT molecular complexity index is 523. The number of hydrogen-bond acceptors (Lipinski definition) is 3. The van der Waals surface area contributed by atoms with E-state index in [4.69, 9.17) is 0 Å². The molecule has 2 aromatic rings. The molecule has 0 saturated heterocycles. The van der Waals surface area contributed by atoms with Gasteiger partial charge in [0, 0.05) is 22.0 Å². The van der Waals surface area contributed by atoms with Crippen LogP contribution in [0.2, 0.25) is 0 Å². The Morgan fingerprint density at radius 1 is 1.00 bits per heavy atom. The molecular weight excluding hydrogens is 282 g/mol. The first-order chi connectivity index (χ1) is 9.79. The summed E-state index contributed by atoms with van der Waals surface area (Å²) in [5.74, 6) is 1.21. The van der Waals surface area contributed by atoms with E-state index >= 15 is 0 Å². The van der Waals surface area contributed by atoms with E-state index in [1.807, 2.05) is 23.5 Å². The van der Waals surface area contributed by atoms with Gasteiger partial charge in [-0.25, -0.2) is 0 Å². The highest BCUT2D eigenvalue weighted by molar-refractivity contribution is 7.99. The second-order valence-electron chi connectivity index (χ2n) is 4.68. The average molecular weight is 303 g/mol. The average Bonchev–Trinajstić information content (AvgIpc) is 2.47. The van der Waals surface area contributed by atoms with Crippen molar-refractivity contribution in [3.8, 4) is 0 Å². The van der Waals surface area contributed by atoms with Crippen molar-refractivity contribution in [3.63, 3.8) is 0 Å². The molecule has 0 atom stereocenters. The third-order valence-corrected chi connectivity index (χ3v) is 4.76. The number of nitrogens with one attached hydrogen (secondary N) is 1. The summed E-state index contributed by atoms with van der Waals surface area (Å²) in [5, 5.41) is 3.55. The molecule has 0 aromatic heterocycles. The van der Waals surface area contributed by atoms with Crippen LogP contribution in [-0.2, 0) is 0 Å². The van der Waals surface area contributed by atoms with E-state index < -0.39 is 0 Å². The molecule has 1 N–H and O–H groups in total. The Hall–Kier alpha value is -1.06. The Kier molecular flexibility index (Phi) is 6.34. The maximum Gasteiger partial charge on any atom is 0.0482 e. The highest BCUT2D eigenvalue weighted by Crippen LogP contribution is 2.33. The second-order valence-corrected chi connectivity index (χ2v) is 6.79. The summed E-state index contributed by atoms with van der Waals surface area (Å²) in [6.07, 6.45) is 3.35. The van der Waals surface area contributed by atoms with Gasteiger partial charge in [0.15, 0.2) is 0 Å². The number of rotatable bonds is 7. The molecule has 20 heavy (non-hydrogen) atoms. The zero-order chi connectivity index (χ0) is 14.2. The molecule has 106 valence electrons. The van der Waals surface area contributed by atoms with Crippen LogP contribution in [0.4, 0.5) is 5.69 Å². The molecule has 0 fully saturated rings. The Morgan fingerprint density at radius 2 is 1.75 bits per heavy atom. The van der Waals surface area contributed by atoms with E-state index in [2.05, 4.69) is 67.0 Å². The van der Waals surface area contributed by atoms with Crippen LogP contribution in [0.3, 0.4) is 0 Å². The van der Waals surface area contributed by atoms with Crippen molar-refractivity contribution < 1.29 is 0 Å². The third kappa shape index (κ3) is 4.80. The molecular formula is C17H21NS2. The van der Waals surface area contributed by atoms with Crippen LogP contribution in [0.1, 0.15) is 12.0 Å². The molecule has 1 nitrogen and oxygen atoms in total. The quantitative estimate of drug-likeness (QED) is 0.696. The molecule has 0 aliphatic carbocycles. The lowest BCUT2D eigenvalue weighted by Gasteiger charge is -2.11. The minimum atomic E-state index is 1.03. The minimum absolute atomic E-state index is 1.03. The molecule has 2 aromatic carbocycles. The molecule has 0 unspecified atom stereocenters. The smallest absolute Gasteiger partial charge is 0.0482 e. The van der Waals surface area contributed by atoms with Gasteiger partial charge in [-0.15, -0.1) is 0 Å². The van der Waals surface area contributed by atoms with Gasteiger partial charge in [0.2, 0.25) is 0 Å². The van der Waals surface area contributed by atoms with Crippen molar-refractivity contribution in [2.75, 3.05) is 23.9 Å². The number of para-hydroxylation sites is 1. The summed E-state index contributed by atoms with van der Waals surface area (Å²) >= 11 is 3.72. The molecule has 0 heterocycles. The Balaban J connectivity index is 2.01. The van der Waals surface area contributed by atoms with Gasteiger partial charge < -0.3 is 5.32 Å². The lowest BCUT2D eigenvalue weighted by molar-refractivity contribution is 0.987. The van der Waals surface area contributed by atoms with Crippen molar-refractivity contribution in [1.82, 2.24) is 0 Å². The first-order valence-corrected chi connectivity index (χ1v) is 9.07. The molecule has 0 amide bonds. The molecule has 0 spiro atoms. The van der Waals surface area contributed by atoms with Crippen LogP contribution in [0, 0.1) is 6.92 Å². The monoisotopic (exact) mass is 303 g/mol. The molecule has 0 aliphatic rings. The lowest BCUT2D eigenvalue weighted by Crippen LogP contribution is -2.03. The zero-order valence-electron chi connectivity index (χ0n) is 12.1. The van der Waals surface area contributed by atoms with Crippen molar-refractivity contribution in [1.29, 1.82) is 0 Å². The highest BCUT2D eigenvalue weighted by Gasteiger charge is 2.03. The molecule has 0 radical (unpaired) electrons. The summed E-state index contributed by atoms with van der Waals surface area (Å²) in [6.45, 7) is 3.15. The van der Waals surface area contributed by atoms with Gasteiger partial charge in [-0.05, 0) is 49.6 Å². The van der Waals surface area contributed by atoms with Gasteiger partial charge >= 0.3 is 0 Å². The standard InChI is InChI=1S/C17H21NS2/c1-14-8-10-15(11-9-14)20-17-7-4-3-6-16(17)18-12-5-13-19-2/h3-4,6-11,18H,5,12-13H2,1-2H3. The lowest BCUT2D eigenvalue weighted by atomic mass is 10.2. The van der Waals surface area contributed by atoms with Crippen LogP contribution >= 0.6 is 23.5 Å². The first kappa shape index (κ1) is 15.3. The Labute approximate surface area is 130 Å². The molecule has 0 aliphatic heterocycles. The van der Waals surface area contributed by atoms with Crippen molar-refractivity contribution in [3.05, 3.63) is 54.1 Å². The maximum atomic E-state index is 3.55. The van der Waals surface area contributed by atoms with Crippen molar-refractivity contribution in [2.24, 2.45) is 0 Å². The molecule has 3 heteroatoms. The van der Waals surface area contributed by atoms with Crippen molar-refractivity contribution >= 4 is 29.2 Å². The van der Waals surface area contributed by atoms with Gasteiger partial charge in [-0.2, -0.15) is 11.8 Å². The minimum Gasteiger partial charge on any atom is -0.384 e. The van der Waals surface area contributed by atoms with Gasteiger partial charge in [0.05, 0.1) is 0 Å². The molecule has 2 rings (SSSR count). The van der Waals surface area contributed by atoms with E-state index in [0.717, 1.165) is 6.54 Å². The van der Waals surface area contributed by atoms with Gasteiger partial charge in [0.1, 0.15) is 0 Å². The summed E-state index contributed by atoms with van der Waals surface area (Å²) in [4.78, 5) is 2.58.